The second-order valence-corrected chi connectivity index (χ2v) is 9.96. The Hall–Kier alpha value is -2.06. The summed E-state index contributed by atoms with van der Waals surface area (Å²) in [6, 6.07) is 6.86. The molecule has 1 aromatic rings. The molecule has 5 atom stereocenters. The molecule has 8 heteroatoms. The van der Waals surface area contributed by atoms with Crippen LogP contribution in [0.15, 0.2) is 24.3 Å². The van der Waals surface area contributed by atoms with E-state index in [9.17, 15) is 14.4 Å². The van der Waals surface area contributed by atoms with Crippen LogP contribution in [0.2, 0.25) is 0 Å². The number of nitrogens with zero attached hydrogens (tertiary/aromatic N) is 1. The Bertz CT molecular complexity index is 848. The summed E-state index contributed by atoms with van der Waals surface area (Å²) in [6.07, 6.45) is 5.07. The average Bonchev–Trinajstić information content (AvgIpc) is 3.15. The van der Waals surface area contributed by atoms with Crippen LogP contribution in [0.1, 0.15) is 56.2 Å². The van der Waals surface area contributed by atoms with Crippen molar-refractivity contribution in [2.75, 3.05) is 12.8 Å². The minimum Gasteiger partial charge on any atom is -0.347 e. The Balaban J connectivity index is 1.47. The average molecular weight is 445 g/mol. The van der Waals surface area contributed by atoms with Gasteiger partial charge in [0.2, 0.25) is 17.7 Å². The van der Waals surface area contributed by atoms with E-state index < -0.39 is 12.1 Å². The molecule has 2 saturated heterocycles. The first kappa shape index (κ1) is 22.1. The van der Waals surface area contributed by atoms with Crippen molar-refractivity contribution >= 4 is 29.5 Å². The molecule has 2 aliphatic heterocycles. The molecule has 0 radical (unpaired) electrons. The normalized spacial score (nSPS) is 28.8. The van der Waals surface area contributed by atoms with Crippen LogP contribution in [0, 0.1) is 0 Å². The summed E-state index contributed by atoms with van der Waals surface area (Å²) in [5.74, 6) is 0.390. The van der Waals surface area contributed by atoms with Gasteiger partial charge >= 0.3 is 0 Å². The first-order chi connectivity index (χ1) is 15.0. The second-order valence-electron chi connectivity index (χ2n) is 8.68. The van der Waals surface area contributed by atoms with E-state index in [4.69, 9.17) is 0 Å². The first-order valence-corrected chi connectivity index (χ1v) is 12.3. The van der Waals surface area contributed by atoms with Crippen molar-refractivity contribution < 1.29 is 14.4 Å². The predicted octanol–water partition coefficient (Wildman–Crippen LogP) is 1.73. The number of aryl methyl sites for hydroxylation is 1. The minimum atomic E-state index is -0.579. The van der Waals surface area contributed by atoms with Gasteiger partial charge in [0.25, 0.3) is 0 Å². The lowest BCUT2D eigenvalue weighted by Gasteiger charge is -2.32. The molecular weight excluding hydrogens is 412 g/mol. The summed E-state index contributed by atoms with van der Waals surface area (Å²) in [6.45, 7) is 1.77. The monoisotopic (exact) mass is 444 g/mol. The van der Waals surface area contributed by atoms with Crippen LogP contribution in [0.4, 0.5) is 0 Å². The van der Waals surface area contributed by atoms with E-state index in [1.165, 1.54) is 11.1 Å². The molecule has 168 valence electrons. The van der Waals surface area contributed by atoms with Gasteiger partial charge in [0.1, 0.15) is 12.1 Å². The van der Waals surface area contributed by atoms with Gasteiger partial charge in [-0.25, -0.2) is 0 Å². The van der Waals surface area contributed by atoms with Gasteiger partial charge in [0.05, 0.1) is 17.5 Å². The highest BCUT2D eigenvalue weighted by Gasteiger charge is 2.45. The zero-order valence-electron chi connectivity index (χ0n) is 18.2. The van der Waals surface area contributed by atoms with Gasteiger partial charge in [-0.15, -0.1) is 11.8 Å². The minimum absolute atomic E-state index is 0.00166. The lowest BCUT2D eigenvalue weighted by Crippen LogP contribution is -2.56. The molecule has 1 unspecified atom stereocenters. The number of nitrogens with one attached hydrogen (secondary N) is 3. The number of amides is 3. The number of carbonyl (C=O) groups is 3. The summed E-state index contributed by atoms with van der Waals surface area (Å²) >= 11 is 1.72. The third kappa shape index (κ3) is 4.60. The van der Waals surface area contributed by atoms with Crippen molar-refractivity contribution in [2.45, 2.75) is 75.0 Å². The molecule has 4 rings (SSSR count). The zero-order valence-corrected chi connectivity index (χ0v) is 19.0. The Morgan fingerprint density at radius 2 is 1.90 bits per heavy atom. The van der Waals surface area contributed by atoms with Crippen LogP contribution in [-0.2, 0) is 20.8 Å². The molecule has 1 aromatic carbocycles. The van der Waals surface area contributed by atoms with Crippen LogP contribution < -0.4 is 16.0 Å². The molecular formula is C23H32N4O3S. The molecule has 0 bridgehead atoms. The molecule has 0 spiro atoms. The maximum Gasteiger partial charge on any atom is 0.246 e. The van der Waals surface area contributed by atoms with E-state index in [1.54, 1.807) is 30.6 Å². The van der Waals surface area contributed by atoms with E-state index in [1.807, 2.05) is 12.1 Å². The number of hydrogen-bond donors (Lipinski definition) is 3. The van der Waals surface area contributed by atoms with E-state index in [2.05, 4.69) is 28.1 Å². The van der Waals surface area contributed by atoms with Crippen LogP contribution in [0.5, 0.6) is 0 Å². The summed E-state index contributed by atoms with van der Waals surface area (Å²) in [5.41, 5.74) is 2.49. The topological polar surface area (TPSA) is 90.5 Å². The number of likely N-dealkylation sites (N-methyl/N-ethyl adjacent to an activating group) is 1. The molecule has 3 aliphatic rings. The predicted molar refractivity (Wildman–Crippen MR) is 121 cm³/mol. The maximum atomic E-state index is 13.4. The molecule has 0 aromatic heterocycles. The number of fused-ring (bicyclic) bond motifs is 2. The first-order valence-electron chi connectivity index (χ1n) is 11.3. The largest absolute Gasteiger partial charge is 0.347 e. The molecule has 0 saturated carbocycles. The van der Waals surface area contributed by atoms with Gasteiger partial charge in [0, 0.05) is 0 Å². The number of carbonyl (C=O) groups excluding carboxylic acids is 3. The van der Waals surface area contributed by atoms with Gasteiger partial charge in [-0.05, 0) is 69.4 Å². The third-order valence-corrected chi connectivity index (χ3v) is 8.05. The number of thioether (sulfide) groups is 1. The van der Waals surface area contributed by atoms with Crippen LogP contribution in [0.25, 0.3) is 0 Å². The van der Waals surface area contributed by atoms with E-state index in [-0.39, 0.29) is 35.2 Å². The van der Waals surface area contributed by atoms with Crippen molar-refractivity contribution in [3.05, 3.63) is 35.4 Å². The van der Waals surface area contributed by atoms with Crippen molar-refractivity contribution in [1.29, 1.82) is 0 Å². The number of hydrogen-bond acceptors (Lipinski definition) is 5. The van der Waals surface area contributed by atoms with E-state index >= 15 is 0 Å². The Morgan fingerprint density at radius 3 is 2.71 bits per heavy atom. The SMILES string of the molecule is CN[C@@H](C)C(=O)N[C@H]1CCSC2CC[C@@H](C(=O)N[C@@H]3CCCc4ccccc43)N2C1=O. The number of rotatable bonds is 5. The lowest BCUT2D eigenvalue weighted by molar-refractivity contribution is -0.142. The molecule has 7 nitrogen and oxygen atoms in total. The van der Waals surface area contributed by atoms with Crippen molar-refractivity contribution in [3.8, 4) is 0 Å². The molecule has 2 heterocycles. The van der Waals surface area contributed by atoms with Crippen LogP contribution in [0.3, 0.4) is 0 Å². The molecule has 3 N–H and O–H groups in total. The van der Waals surface area contributed by atoms with Gasteiger partial charge in [-0.1, -0.05) is 24.3 Å². The summed E-state index contributed by atoms with van der Waals surface area (Å²) < 4.78 is 0. The van der Waals surface area contributed by atoms with Crippen LogP contribution in [-0.4, -0.2) is 58.9 Å². The molecule has 3 amide bonds. The Labute approximate surface area is 188 Å². The molecule has 2 fully saturated rings. The highest BCUT2D eigenvalue weighted by molar-refractivity contribution is 7.99. The highest BCUT2D eigenvalue weighted by Crippen LogP contribution is 2.37. The smallest absolute Gasteiger partial charge is 0.246 e. The fourth-order valence-electron chi connectivity index (χ4n) is 4.85. The molecule has 1 aliphatic carbocycles. The third-order valence-electron chi connectivity index (χ3n) is 6.73. The van der Waals surface area contributed by atoms with Crippen molar-refractivity contribution in [2.24, 2.45) is 0 Å². The maximum absolute atomic E-state index is 13.4. The van der Waals surface area contributed by atoms with Crippen molar-refractivity contribution in [1.82, 2.24) is 20.9 Å². The van der Waals surface area contributed by atoms with Crippen molar-refractivity contribution in [3.63, 3.8) is 0 Å². The number of benzene rings is 1. The van der Waals surface area contributed by atoms with E-state index in [0.29, 0.717) is 12.8 Å². The summed E-state index contributed by atoms with van der Waals surface area (Å²) in [7, 11) is 1.72. The van der Waals surface area contributed by atoms with Gasteiger partial charge in [-0.3, -0.25) is 14.4 Å². The fourth-order valence-corrected chi connectivity index (χ4v) is 6.21. The zero-order chi connectivity index (χ0) is 22.0. The van der Waals surface area contributed by atoms with Gasteiger partial charge < -0.3 is 20.9 Å². The fraction of sp³-hybridized carbons (Fsp3) is 0.609. The van der Waals surface area contributed by atoms with Gasteiger partial charge in [0.15, 0.2) is 0 Å². The van der Waals surface area contributed by atoms with E-state index in [0.717, 1.165) is 31.4 Å². The Kier molecular flexibility index (Phi) is 6.86. The summed E-state index contributed by atoms with van der Waals surface area (Å²) in [4.78, 5) is 40.8. The highest BCUT2D eigenvalue weighted by atomic mass is 32.2. The molecule has 31 heavy (non-hydrogen) atoms. The summed E-state index contributed by atoms with van der Waals surface area (Å²) in [5, 5.41) is 9.03. The standard InChI is InChI=1S/C23H32N4O3S/c1-14(24-2)21(28)26-18-12-13-31-20-11-10-19(27(20)23(18)30)22(29)25-17-9-5-7-15-6-3-4-8-16(15)17/h3-4,6,8,14,17-20,24H,5,7,9-13H2,1-2H3,(H,25,29)(H,26,28)/t14-,17+,18-,19-,20?/m0/s1. The quantitative estimate of drug-likeness (QED) is 0.644. The van der Waals surface area contributed by atoms with Crippen LogP contribution >= 0.6 is 11.8 Å². The Morgan fingerprint density at radius 1 is 1.10 bits per heavy atom. The van der Waals surface area contributed by atoms with Gasteiger partial charge in [-0.2, -0.15) is 0 Å². The lowest BCUT2D eigenvalue weighted by atomic mass is 9.87. The second kappa shape index (κ2) is 9.61.